The fourth-order valence-electron chi connectivity index (χ4n) is 3.61. The van der Waals surface area contributed by atoms with Gasteiger partial charge in [0.15, 0.2) is 11.5 Å². The fourth-order valence-corrected chi connectivity index (χ4v) is 4.88. The van der Waals surface area contributed by atoms with Crippen molar-refractivity contribution in [1.82, 2.24) is 4.90 Å². The van der Waals surface area contributed by atoms with Gasteiger partial charge in [0.05, 0.1) is 25.2 Å². The zero-order chi connectivity index (χ0) is 26.5. The summed E-state index contributed by atoms with van der Waals surface area (Å²) in [5.74, 6) is 0.266. The minimum Gasteiger partial charge on any atom is -0.490 e. The number of halogens is 1. The van der Waals surface area contributed by atoms with Gasteiger partial charge in [-0.3, -0.25) is 14.5 Å². The van der Waals surface area contributed by atoms with Gasteiger partial charge < -0.3 is 18.6 Å². The Labute approximate surface area is 226 Å². The van der Waals surface area contributed by atoms with E-state index in [1.807, 2.05) is 32.0 Å². The molecule has 0 aliphatic carbocycles. The van der Waals surface area contributed by atoms with Crippen molar-refractivity contribution >= 4 is 50.9 Å². The molecule has 8 nitrogen and oxygen atoms in total. The molecule has 0 N–H and O–H groups in total. The second-order valence-electron chi connectivity index (χ2n) is 8.06. The zero-order valence-corrected chi connectivity index (χ0v) is 22.8. The predicted molar refractivity (Wildman–Crippen MR) is 142 cm³/mol. The van der Waals surface area contributed by atoms with Crippen LogP contribution in [0.1, 0.15) is 39.9 Å². The van der Waals surface area contributed by atoms with Crippen LogP contribution in [-0.4, -0.2) is 35.7 Å². The molecular formula is C27H24BrNO7S. The molecule has 2 aromatic carbocycles. The number of hydrogen-bond acceptors (Lipinski definition) is 8. The summed E-state index contributed by atoms with van der Waals surface area (Å²) in [5.41, 5.74) is 2.84. The highest BCUT2D eigenvalue weighted by Gasteiger charge is 2.36. The van der Waals surface area contributed by atoms with Crippen molar-refractivity contribution in [3.63, 3.8) is 0 Å². The molecule has 2 heterocycles. The van der Waals surface area contributed by atoms with Gasteiger partial charge in [-0.2, -0.15) is 0 Å². The van der Waals surface area contributed by atoms with Crippen molar-refractivity contribution in [2.75, 3.05) is 13.7 Å². The van der Waals surface area contributed by atoms with Gasteiger partial charge in [-0.1, -0.05) is 45.8 Å². The number of imide groups is 1. The molecule has 1 aromatic heterocycles. The Morgan fingerprint density at radius 1 is 1.11 bits per heavy atom. The van der Waals surface area contributed by atoms with Gasteiger partial charge in [-0.25, -0.2) is 4.79 Å². The molecule has 0 atom stereocenters. The topological polar surface area (TPSA) is 95.3 Å². The number of methoxy groups -OCH3 is 1. The molecule has 4 rings (SSSR count). The standard InChI is InChI=1S/C27H24BrNO7S/c1-4-34-22-11-18(20(28)13-23(22)35-15-17-7-5-6-16(2)10-17)12-24-25(30)29(27(32)37-24)14-19-8-9-21(36-19)26(31)33-3/h5-13H,4,14-15H2,1-3H3/b24-12+. The zero-order valence-electron chi connectivity index (χ0n) is 20.4. The number of rotatable bonds is 9. The highest BCUT2D eigenvalue weighted by molar-refractivity contribution is 9.10. The second kappa shape index (κ2) is 11.7. The van der Waals surface area contributed by atoms with Crippen LogP contribution in [-0.2, 0) is 22.7 Å². The molecule has 0 saturated carbocycles. The summed E-state index contributed by atoms with van der Waals surface area (Å²) in [6, 6.07) is 14.6. The minimum atomic E-state index is -0.637. The molecule has 1 fully saturated rings. The highest BCUT2D eigenvalue weighted by atomic mass is 79.9. The lowest BCUT2D eigenvalue weighted by Crippen LogP contribution is -2.27. The third kappa shape index (κ3) is 6.26. The largest absolute Gasteiger partial charge is 0.490 e. The average Bonchev–Trinajstić information content (AvgIpc) is 3.45. The third-order valence-electron chi connectivity index (χ3n) is 5.36. The smallest absolute Gasteiger partial charge is 0.373 e. The number of hydrogen-bond donors (Lipinski definition) is 0. The number of furan rings is 1. The lowest BCUT2D eigenvalue weighted by atomic mass is 10.1. The maximum absolute atomic E-state index is 13.0. The van der Waals surface area contributed by atoms with Crippen LogP contribution in [0.5, 0.6) is 11.5 Å². The number of ether oxygens (including phenoxy) is 3. The normalized spacial score (nSPS) is 14.4. The van der Waals surface area contributed by atoms with Crippen LogP contribution in [0.4, 0.5) is 4.79 Å². The van der Waals surface area contributed by atoms with Crippen LogP contribution in [0.15, 0.2) is 62.3 Å². The number of carbonyl (C=O) groups excluding carboxylic acids is 3. The molecular weight excluding hydrogens is 562 g/mol. The van der Waals surface area contributed by atoms with E-state index in [1.165, 1.54) is 19.2 Å². The summed E-state index contributed by atoms with van der Waals surface area (Å²) in [7, 11) is 1.24. The maximum atomic E-state index is 13.0. The quantitative estimate of drug-likeness (QED) is 0.212. The van der Waals surface area contributed by atoms with Gasteiger partial charge >= 0.3 is 5.97 Å². The van der Waals surface area contributed by atoms with Crippen LogP contribution >= 0.6 is 27.7 Å². The van der Waals surface area contributed by atoms with Crippen LogP contribution in [0.25, 0.3) is 6.08 Å². The number of benzene rings is 2. The number of amides is 2. The van der Waals surface area contributed by atoms with Gasteiger partial charge in [0.1, 0.15) is 12.4 Å². The Bertz CT molecular complexity index is 1380. The molecule has 1 aliphatic rings. The maximum Gasteiger partial charge on any atom is 0.373 e. The summed E-state index contributed by atoms with van der Waals surface area (Å²) in [4.78, 5) is 38.5. The molecule has 37 heavy (non-hydrogen) atoms. The number of nitrogens with zero attached hydrogens (tertiary/aromatic N) is 1. The Morgan fingerprint density at radius 2 is 1.89 bits per heavy atom. The molecule has 0 spiro atoms. The van der Waals surface area contributed by atoms with Crippen molar-refractivity contribution in [3.8, 4) is 11.5 Å². The first-order chi connectivity index (χ1) is 17.8. The first-order valence-electron chi connectivity index (χ1n) is 11.4. The number of aryl methyl sites for hydroxylation is 1. The molecule has 2 amide bonds. The Morgan fingerprint density at radius 3 is 2.62 bits per heavy atom. The number of esters is 1. The summed E-state index contributed by atoms with van der Waals surface area (Å²) in [6.45, 7) is 4.59. The van der Waals surface area contributed by atoms with Crippen molar-refractivity contribution in [1.29, 1.82) is 0 Å². The average molecular weight is 586 g/mol. The van der Waals surface area contributed by atoms with Gasteiger partial charge in [-0.15, -0.1) is 0 Å². The molecule has 0 unspecified atom stereocenters. The van der Waals surface area contributed by atoms with Crippen LogP contribution < -0.4 is 9.47 Å². The molecule has 1 aliphatic heterocycles. The SMILES string of the molecule is CCOc1cc(/C=C2/SC(=O)N(Cc3ccc(C(=O)OC)o3)C2=O)c(Br)cc1OCc1cccc(C)c1. The first kappa shape index (κ1) is 26.6. The Balaban J connectivity index is 1.53. The summed E-state index contributed by atoms with van der Waals surface area (Å²) >= 11 is 4.37. The van der Waals surface area contributed by atoms with Gasteiger partial charge in [0, 0.05) is 4.47 Å². The van der Waals surface area contributed by atoms with E-state index in [4.69, 9.17) is 13.9 Å². The molecule has 192 valence electrons. The van der Waals surface area contributed by atoms with Crippen molar-refractivity contribution in [2.45, 2.75) is 27.0 Å². The number of thioether (sulfide) groups is 1. The van der Waals surface area contributed by atoms with E-state index in [2.05, 4.69) is 26.7 Å². The third-order valence-corrected chi connectivity index (χ3v) is 6.96. The first-order valence-corrected chi connectivity index (χ1v) is 13.0. The van der Waals surface area contributed by atoms with E-state index in [0.717, 1.165) is 27.8 Å². The monoisotopic (exact) mass is 585 g/mol. The van der Waals surface area contributed by atoms with Gasteiger partial charge in [0.25, 0.3) is 11.1 Å². The molecule has 0 radical (unpaired) electrons. The van der Waals surface area contributed by atoms with E-state index in [0.29, 0.717) is 40.5 Å². The van der Waals surface area contributed by atoms with E-state index in [-0.39, 0.29) is 17.2 Å². The van der Waals surface area contributed by atoms with Crippen molar-refractivity contribution in [3.05, 3.63) is 86.1 Å². The van der Waals surface area contributed by atoms with Crippen LogP contribution in [0.3, 0.4) is 0 Å². The lowest BCUT2D eigenvalue weighted by Gasteiger charge is -2.14. The van der Waals surface area contributed by atoms with E-state index >= 15 is 0 Å². The lowest BCUT2D eigenvalue weighted by molar-refractivity contribution is -0.123. The van der Waals surface area contributed by atoms with Crippen LogP contribution in [0, 0.1) is 6.92 Å². The summed E-state index contributed by atoms with van der Waals surface area (Å²) < 4.78 is 22.5. The highest BCUT2D eigenvalue weighted by Crippen LogP contribution is 2.39. The fraction of sp³-hybridized carbons (Fsp3) is 0.222. The van der Waals surface area contributed by atoms with Gasteiger partial charge in [-0.05, 0) is 67.1 Å². The predicted octanol–water partition coefficient (Wildman–Crippen LogP) is 6.35. The van der Waals surface area contributed by atoms with Crippen molar-refractivity contribution in [2.24, 2.45) is 0 Å². The van der Waals surface area contributed by atoms with E-state index < -0.39 is 17.1 Å². The molecule has 3 aromatic rings. The molecule has 1 saturated heterocycles. The van der Waals surface area contributed by atoms with E-state index in [9.17, 15) is 14.4 Å². The number of carbonyl (C=O) groups is 3. The van der Waals surface area contributed by atoms with Crippen molar-refractivity contribution < 1.29 is 33.0 Å². The summed E-state index contributed by atoms with van der Waals surface area (Å²) in [6.07, 6.45) is 1.63. The second-order valence-corrected chi connectivity index (χ2v) is 9.90. The van der Waals surface area contributed by atoms with E-state index in [1.54, 1.807) is 18.2 Å². The van der Waals surface area contributed by atoms with Crippen LogP contribution in [0.2, 0.25) is 0 Å². The summed E-state index contributed by atoms with van der Waals surface area (Å²) in [5, 5.41) is -0.438. The minimum absolute atomic E-state index is 0.00268. The molecule has 0 bridgehead atoms. The Hall–Kier alpha value is -3.50. The van der Waals surface area contributed by atoms with Gasteiger partial charge in [0.2, 0.25) is 5.76 Å². The molecule has 10 heteroatoms. The Kier molecular flexibility index (Phi) is 8.40.